The number of halogens is 1. The van der Waals surface area contributed by atoms with Gasteiger partial charge in [-0.1, -0.05) is 58.7 Å². The molecular weight excluding hydrogens is 222 g/mol. The molecule has 0 aliphatic rings. The van der Waals surface area contributed by atoms with E-state index in [0.29, 0.717) is 0 Å². The molecular formula is C16H18BF. The van der Waals surface area contributed by atoms with Crippen LogP contribution in [-0.4, -0.2) is 6.99 Å². The third kappa shape index (κ3) is 2.64. The first-order valence-corrected chi connectivity index (χ1v) is 6.27. The number of benzene rings is 2. The Balaban J connectivity index is 2.44. The molecule has 2 rings (SSSR count). The summed E-state index contributed by atoms with van der Waals surface area (Å²) in [5.41, 5.74) is 5.92. The van der Waals surface area contributed by atoms with E-state index in [4.69, 9.17) is 0 Å². The predicted molar refractivity (Wildman–Crippen MR) is 78.0 cm³/mol. The summed E-state index contributed by atoms with van der Waals surface area (Å²) in [7, 11) is 0. The van der Waals surface area contributed by atoms with Crippen LogP contribution in [0.4, 0.5) is 4.32 Å². The Morgan fingerprint density at radius 1 is 0.778 bits per heavy atom. The van der Waals surface area contributed by atoms with Gasteiger partial charge in [0.05, 0.1) is 0 Å². The van der Waals surface area contributed by atoms with E-state index in [2.05, 4.69) is 6.07 Å². The second-order valence-electron chi connectivity index (χ2n) is 5.14. The highest BCUT2D eigenvalue weighted by Crippen LogP contribution is 2.06. The molecule has 2 aromatic carbocycles. The standard InChI is InChI=1S/C16H18BF/c1-11-5-6-16(14(4)8-11)17(18)15-9-12(2)7-13(3)10-15/h5-10H,1-4H3. The lowest BCUT2D eigenvalue weighted by Gasteiger charge is -2.11. The molecule has 0 amide bonds. The SMILES string of the molecule is Cc1cc(C)cc(B(F)c2ccc(C)cc2C)c1. The van der Waals surface area contributed by atoms with Crippen LogP contribution in [0.25, 0.3) is 0 Å². The van der Waals surface area contributed by atoms with E-state index in [1.807, 2.05) is 58.0 Å². The van der Waals surface area contributed by atoms with Crippen LogP contribution in [0.1, 0.15) is 22.3 Å². The zero-order valence-electron chi connectivity index (χ0n) is 11.4. The van der Waals surface area contributed by atoms with Crippen molar-refractivity contribution in [3.8, 4) is 0 Å². The van der Waals surface area contributed by atoms with E-state index in [1.54, 1.807) is 0 Å². The van der Waals surface area contributed by atoms with E-state index in [9.17, 15) is 4.32 Å². The van der Waals surface area contributed by atoms with Crippen molar-refractivity contribution in [3.05, 3.63) is 58.7 Å². The summed E-state index contributed by atoms with van der Waals surface area (Å²) < 4.78 is 14.6. The molecule has 0 aromatic heterocycles. The molecule has 0 N–H and O–H groups in total. The largest absolute Gasteiger partial charge is 0.413 e. The molecule has 0 bridgehead atoms. The van der Waals surface area contributed by atoms with Gasteiger partial charge in [-0.3, -0.25) is 0 Å². The van der Waals surface area contributed by atoms with Crippen LogP contribution in [0.3, 0.4) is 0 Å². The molecule has 18 heavy (non-hydrogen) atoms. The second-order valence-corrected chi connectivity index (χ2v) is 5.14. The lowest BCUT2D eigenvalue weighted by atomic mass is 9.57. The topological polar surface area (TPSA) is 0 Å². The van der Waals surface area contributed by atoms with Crippen LogP contribution in [-0.2, 0) is 0 Å². The van der Waals surface area contributed by atoms with Crippen molar-refractivity contribution in [2.75, 3.05) is 0 Å². The average Bonchev–Trinajstić information content (AvgIpc) is 2.26. The van der Waals surface area contributed by atoms with Gasteiger partial charge >= 0.3 is 6.99 Å². The third-order valence-electron chi connectivity index (χ3n) is 3.24. The number of rotatable bonds is 2. The van der Waals surface area contributed by atoms with Crippen molar-refractivity contribution in [3.63, 3.8) is 0 Å². The summed E-state index contributed by atoms with van der Waals surface area (Å²) in [5.74, 6) is 0. The van der Waals surface area contributed by atoms with Crippen molar-refractivity contribution in [1.29, 1.82) is 0 Å². The van der Waals surface area contributed by atoms with Gasteiger partial charge in [0.25, 0.3) is 0 Å². The fourth-order valence-electron chi connectivity index (χ4n) is 2.45. The molecule has 92 valence electrons. The zero-order chi connectivity index (χ0) is 13.3. The van der Waals surface area contributed by atoms with Gasteiger partial charge in [0.2, 0.25) is 0 Å². The fourth-order valence-corrected chi connectivity index (χ4v) is 2.45. The van der Waals surface area contributed by atoms with Crippen molar-refractivity contribution < 1.29 is 4.32 Å². The molecule has 0 atom stereocenters. The molecule has 0 saturated heterocycles. The highest BCUT2D eigenvalue weighted by molar-refractivity contribution is 6.79. The summed E-state index contributed by atoms with van der Waals surface area (Å²) in [6.07, 6.45) is 0. The van der Waals surface area contributed by atoms with E-state index >= 15 is 0 Å². The van der Waals surface area contributed by atoms with Gasteiger partial charge in [-0.25, -0.2) is 0 Å². The molecule has 0 saturated carbocycles. The average molecular weight is 240 g/mol. The smallest absolute Gasteiger partial charge is 0.322 e. The first-order valence-electron chi connectivity index (χ1n) is 6.27. The summed E-state index contributed by atoms with van der Waals surface area (Å²) in [6.45, 7) is 6.97. The Morgan fingerprint density at radius 3 is 1.94 bits per heavy atom. The Hall–Kier alpha value is -1.57. The van der Waals surface area contributed by atoms with E-state index < -0.39 is 6.99 Å². The van der Waals surface area contributed by atoms with Crippen molar-refractivity contribution in [1.82, 2.24) is 0 Å². The molecule has 2 heteroatoms. The second kappa shape index (κ2) is 4.97. The number of aryl methyl sites for hydroxylation is 4. The Kier molecular flexibility index (Phi) is 3.56. The molecule has 0 fully saturated rings. The van der Waals surface area contributed by atoms with Crippen LogP contribution >= 0.6 is 0 Å². The first kappa shape index (κ1) is 12.9. The number of hydrogen-bond donors (Lipinski definition) is 0. The van der Waals surface area contributed by atoms with Gasteiger partial charge in [0, 0.05) is 0 Å². The minimum atomic E-state index is -1.04. The minimum absolute atomic E-state index is 0.749. The van der Waals surface area contributed by atoms with E-state index in [-0.39, 0.29) is 0 Å². The van der Waals surface area contributed by atoms with Gasteiger partial charge < -0.3 is 4.32 Å². The first-order chi connectivity index (χ1) is 8.47. The van der Waals surface area contributed by atoms with Gasteiger partial charge in [0.15, 0.2) is 0 Å². The predicted octanol–water partition coefficient (Wildman–Crippen LogP) is 3.00. The van der Waals surface area contributed by atoms with Gasteiger partial charge in [0.1, 0.15) is 0 Å². The lowest BCUT2D eigenvalue weighted by molar-refractivity contribution is 0.864. The normalized spacial score (nSPS) is 10.5. The summed E-state index contributed by atoms with van der Waals surface area (Å²) in [5, 5.41) is 0. The monoisotopic (exact) mass is 240 g/mol. The van der Waals surface area contributed by atoms with Crippen molar-refractivity contribution >= 4 is 17.9 Å². The maximum Gasteiger partial charge on any atom is 0.413 e. The van der Waals surface area contributed by atoms with Gasteiger partial charge in [-0.05, 0) is 38.6 Å². The van der Waals surface area contributed by atoms with Crippen molar-refractivity contribution in [2.45, 2.75) is 27.7 Å². The molecule has 0 heterocycles. The van der Waals surface area contributed by atoms with Gasteiger partial charge in [-0.2, -0.15) is 0 Å². The maximum atomic E-state index is 14.6. The minimum Gasteiger partial charge on any atom is -0.322 e. The zero-order valence-corrected chi connectivity index (χ0v) is 11.4. The van der Waals surface area contributed by atoms with Crippen LogP contribution < -0.4 is 10.9 Å². The Morgan fingerprint density at radius 2 is 1.39 bits per heavy atom. The summed E-state index contributed by atoms with van der Waals surface area (Å²) in [6, 6.07) is 11.8. The van der Waals surface area contributed by atoms with E-state index in [0.717, 1.165) is 27.6 Å². The van der Waals surface area contributed by atoms with E-state index in [1.165, 1.54) is 5.56 Å². The quantitative estimate of drug-likeness (QED) is 0.708. The third-order valence-corrected chi connectivity index (χ3v) is 3.24. The molecule has 0 spiro atoms. The number of hydrogen-bond acceptors (Lipinski definition) is 0. The summed E-state index contributed by atoms with van der Waals surface area (Å²) >= 11 is 0. The Bertz CT molecular complexity index is 555. The highest BCUT2D eigenvalue weighted by Gasteiger charge is 2.21. The fraction of sp³-hybridized carbons (Fsp3) is 0.250. The van der Waals surface area contributed by atoms with Crippen LogP contribution in [0, 0.1) is 27.7 Å². The molecule has 0 nitrogen and oxygen atoms in total. The summed E-state index contributed by atoms with van der Waals surface area (Å²) in [4.78, 5) is 0. The van der Waals surface area contributed by atoms with Crippen LogP contribution in [0.5, 0.6) is 0 Å². The molecule has 0 unspecified atom stereocenters. The molecule has 0 radical (unpaired) electrons. The van der Waals surface area contributed by atoms with Crippen LogP contribution in [0.2, 0.25) is 0 Å². The lowest BCUT2D eigenvalue weighted by Crippen LogP contribution is -2.40. The maximum absolute atomic E-state index is 14.6. The molecule has 0 aliphatic carbocycles. The highest BCUT2D eigenvalue weighted by atomic mass is 19.1. The van der Waals surface area contributed by atoms with Gasteiger partial charge in [-0.15, -0.1) is 0 Å². The molecule has 0 aliphatic heterocycles. The molecule has 2 aromatic rings. The van der Waals surface area contributed by atoms with Crippen LogP contribution in [0.15, 0.2) is 36.4 Å². The Labute approximate surface area is 109 Å². The van der Waals surface area contributed by atoms with Crippen molar-refractivity contribution in [2.24, 2.45) is 0 Å².